The lowest BCUT2D eigenvalue weighted by Crippen LogP contribution is -2.11. The summed E-state index contributed by atoms with van der Waals surface area (Å²) in [4.78, 5) is 1.89. The van der Waals surface area contributed by atoms with Crippen LogP contribution in [0.5, 0.6) is 0 Å². The Bertz CT molecular complexity index is 3840. The predicted molar refractivity (Wildman–Crippen MR) is 263 cm³/mol. The van der Waals surface area contributed by atoms with Gasteiger partial charge in [-0.1, -0.05) is 176 Å². The van der Waals surface area contributed by atoms with Gasteiger partial charge in [0.2, 0.25) is 0 Å². The zero-order valence-electron chi connectivity index (χ0n) is 37.6. The van der Waals surface area contributed by atoms with E-state index in [1.165, 1.54) is 5.39 Å². The van der Waals surface area contributed by atoms with Crippen LogP contribution in [0.2, 0.25) is 0 Å². The molecule has 0 bridgehead atoms. The van der Waals surface area contributed by atoms with Crippen molar-refractivity contribution in [2.45, 2.75) is 0 Å². The van der Waals surface area contributed by atoms with Crippen molar-refractivity contribution in [2.24, 2.45) is 0 Å². The minimum Gasteiger partial charge on any atom is -0.455 e. The molecule has 290 valence electrons. The molecule has 0 atom stereocenters. The quantitative estimate of drug-likeness (QED) is 0.160. The van der Waals surface area contributed by atoms with Crippen LogP contribution in [0.25, 0.3) is 98.8 Å². The normalized spacial score (nSPS) is 12.5. The molecule has 0 unspecified atom stereocenters. The van der Waals surface area contributed by atoms with Gasteiger partial charge in [-0.25, -0.2) is 0 Å². The Balaban J connectivity index is 1.00. The van der Waals surface area contributed by atoms with Gasteiger partial charge in [0.15, 0.2) is 0 Å². The third kappa shape index (κ3) is 6.20. The first kappa shape index (κ1) is 31.7. The van der Waals surface area contributed by atoms with Crippen LogP contribution in [0.3, 0.4) is 0 Å². The summed E-state index contributed by atoms with van der Waals surface area (Å²) in [5, 5.41) is 8.77. The van der Waals surface area contributed by atoms with Crippen molar-refractivity contribution in [1.29, 1.82) is 0 Å². The van der Waals surface area contributed by atoms with Gasteiger partial charge in [-0.05, 0) is 126 Å². The topological polar surface area (TPSA) is 16.4 Å². The van der Waals surface area contributed by atoms with Crippen molar-refractivity contribution in [3.63, 3.8) is 0 Å². The number of benzene rings is 11. The highest BCUT2D eigenvalue weighted by Gasteiger charge is 2.19. The Hall–Kier alpha value is -8.20. The van der Waals surface area contributed by atoms with E-state index in [4.69, 9.17) is 4.42 Å². The molecule has 12 aromatic rings. The first-order valence-electron chi connectivity index (χ1n) is 22.9. The molecule has 0 aliphatic carbocycles. The van der Waals surface area contributed by atoms with E-state index in [0.29, 0.717) is 16.9 Å². The van der Waals surface area contributed by atoms with Crippen LogP contribution in [-0.4, -0.2) is 0 Å². The summed E-state index contributed by atoms with van der Waals surface area (Å²) in [6, 6.07) is 71.4. The molecule has 2 nitrogen and oxygen atoms in total. The van der Waals surface area contributed by atoms with Crippen LogP contribution in [0.15, 0.2) is 241 Å². The van der Waals surface area contributed by atoms with E-state index in [2.05, 4.69) is 109 Å². The van der Waals surface area contributed by atoms with Crippen molar-refractivity contribution < 1.29 is 9.90 Å². The van der Waals surface area contributed by atoms with E-state index in [1.807, 2.05) is 108 Å². The van der Waals surface area contributed by atoms with Gasteiger partial charge < -0.3 is 9.32 Å². The molecule has 1 aromatic heterocycles. The first-order valence-corrected chi connectivity index (χ1v) is 20.9. The summed E-state index contributed by atoms with van der Waals surface area (Å²) in [5.74, 6) is 0. The molecule has 0 N–H and O–H groups in total. The van der Waals surface area contributed by atoms with E-state index < -0.39 is 0 Å². The maximum Gasteiger partial charge on any atom is 0.143 e. The molecule has 0 saturated carbocycles. The maximum absolute atomic E-state index is 9.74. The first-order chi connectivity index (χ1) is 32.4. The van der Waals surface area contributed by atoms with E-state index in [1.54, 1.807) is 0 Å². The monoisotopic (exact) mass is 793 g/mol. The fourth-order valence-corrected chi connectivity index (χ4v) is 9.01. The zero-order chi connectivity index (χ0) is 44.5. The minimum atomic E-state index is -0.136. The lowest BCUT2D eigenvalue weighted by molar-refractivity contribution is 0.672. The Labute approximate surface area is 365 Å². The summed E-state index contributed by atoms with van der Waals surface area (Å²) in [6.45, 7) is 0. The largest absolute Gasteiger partial charge is 0.455 e. The Kier molecular flexibility index (Phi) is 7.57. The Morgan fingerprint density at radius 1 is 0.323 bits per heavy atom. The lowest BCUT2D eigenvalue weighted by Gasteiger charge is -2.28. The molecular weight excluding hydrogens is 751 g/mol. The molecule has 12 rings (SSSR count). The second-order valence-electron chi connectivity index (χ2n) is 15.8. The smallest absolute Gasteiger partial charge is 0.143 e. The van der Waals surface area contributed by atoms with Crippen LogP contribution in [-0.2, 0) is 0 Å². The van der Waals surface area contributed by atoms with Crippen molar-refractivity contribution in [1.82, 2.24) is 0 Å². The van der Waals surface area contributed by atoms with Crippen molar-refractivity contribution in [3.8, 4) is 44.5 Å². The second-order valence-corrected chi connectivity index (χ2v) is 15.8. The Morgan fingerprint density at radius 3 is 1.76 bits per heavy atom. The molecule has 0 spiro atoms. The minimum absolute atomic E-state index is 0.111. The average Bonchev–Trinajstić information content (AvgIpc) is 3.76. The van der Waals surface area contributed by atoms with Crippen molar-refractivity contribution >= 4 is 71.3 Å². The summed E-state index contributed by atoms with van der Waals surface area (Å²) in [6.07, 6.45) is 0. The van der Waals surface area contributed by atoms with Gasteiger partial charge in [-0.15, -0.1) is 0 Å². The average molecular weight is 794 g/mol. The van der Waals surface area contributed by atoms with Crippen LogP contribution < -0.4 is 4.90 Å². The highest BCUT2D eigenvalue weighted by Crippen LogP contribution is 2.44. The van der Waals surface area contributed by atoms with Gasteiger partial charge in [0.1, 0.15) is 11.2 Å². The molecule has 0 radical (unpaired) electrons. The molecule has 2 heteroatoms. The fraction of sp³-hybridized carbons (Fsp3) is 0. The molecule has 1 heterocycles. The summed E-state index contributed by atoms with van der Waals surface area (Å²) < 4.78 is 45.0. The molecule has 0 saturated heterocycles. The second kappa shape index (κ2) is 14.8. The summed E-state index contributed by atoms with van der Waals surface area (Å²) in [5.41, 5.74) is 10.1. The van der Waals surface area contributed by atoms with Gasteiger partial charge in [-0.3, -0.25) is 0 Å². The van der Waals surface area contributed by atoms with Crippen LogP contribution >= 0.6 is 0 Å². The van der Waals surface area contributed by atoms with Gasteiger partial charge in [0.05, 0.1) is 11.2 Å². The van der Waals surface area contributed by atoms with Crippen molar-refractivity contribution in [3.05, 3.63) is 236 Å². The van der Waals surface area contributed by atoms with Gasteiger partial charge in [-0.2, -0.15) is 0 Å². The molecule has 0 fully saturated rings. The standard InChI is InChI=1S/C60H39NO/c1-2-12-46-38-47(25-22-40(46)10-1)43-28-34-51(35-29-43)61(50-32-26-42(27-33-50)41-20-23-45(24-21-41)53-17-9-13-44-11-3-4-14-52(44)53)58-18-7-5-15-54(58)48-30-36-55-49(39-48)31-37-57-56-16-6-8-19-59(56)62-60(55)57/h1-39H/i26D,27D,32D,33D. The van der Waals surface area contributed by atoms with Crippen molar-refractivity contribution in [2.75, 3.05) is 4.90 Å². The SMILES string of the molecule is [2H]c1c([2H])c(N(c2ccc(-c3ccc4ccccc4c3)cc2)c2ccccc2-c2ccc3c(ccc4c5ccccc5oc34)c2)c([2H])c([2H])c1-c1ccc(-c2cccc3ccccc23)cc1. The van der Waals surface area contributed by atoms with E-state index >= 15 is 0 Å². The number of fused-ring (bicyclic) bond motifs is 7. The predicted octanol–water partition coefficient (Wildman–Crippen LogP) is 17.2. The zero-order valence-corrected chi connectivity index (χ0v) is 33.6. The van der Waals surface area contributed by atoms with E-state index in [-0.39, 0.29) is 35.4 Å². The number of anilines is 3. The molecule has 11 aromatic carbocycles. The third-order valence-corrected chi connectivity index (χ3v) is 12.1. The van der Waals surface area contributed by atoms with Gasteiger partial charge in [0, 0.05) is 33.1 Å². The molecule has 0 amide bonds. The lowest BCUT2D eigenvalue weighted by atomic mass is 9.96. The summed E-state index contributed by atoms with van der Waals surface area (Å²) in [7, 11) is 0. The number of hydrogen-bond acceptors (Lipinski definition) is 2. The van der Waals surface area contributed by atoms with Crippen LogP contribution in [0, 0.1) is 0 Å². The van der Waals surface area contributed by atoms with E-state index in [0.717, 1.165) is 82.3 Å². The number of nitrogens with zero attached hydrogens (tertiary/aromatic N) is 1. The molecule has 0 aliphatic rings. The van der Waals surface area contributed by atoms with Gasteiger partial charge >= 0.3 is 0 Å². The highest BCUT2D eigenvalue weighted by molar-refractivity contribution is 6.15. The maximum atomic E-state index is 9.74. The van der Waals surface area contributed by atoms with E-state index in [9.17, 15) is 5.48 Å². The number of furan rings is 1. The number of rotatable bonds is 7. The summed E-state index contributed by atoms with van der Waals surface area (Å²) >= 11 is 0. The molecular formula is C60H39NO. The van der Waals surface area contributed by atoms with Crippen LogP contribution in [0.1, 0.15) is 5.48 Å². The van der Waals surface area contributed by atoms with Gasteiger partial charge in [0.25, 0.3) is 0 Å². The fourth-order valence-electron chi connectivity index (χ4n) is 9.01. The highest BCUT2D eigenvalue weighted by atomic mass is 16.3. The Morgan fingerprint density at radius 2 is 0.903 bits per heavy atom. The van der Waals surface area contributed by atoms with Crippen LogP contribution in [0.4, 0.5) is 17.1 Å². The molecule has 0 aliphatic heterocycles. The third-order valence-electron chi connectivity index (χ3n) is 12.1. The molecule has 62 heavy (non-hydrogen) atoms. The number of hydrogen-bond donors (Lipinski definition) is 0. The number of para-hydroxylation sites is 2.